The van der Waals surface area contributed by atoms with Crippen molar-refractivity contribution in [3.63, 3.8) is 0 Å². The van der Waals surface area contributed by atoms with E-state index in [0.29, 0.717) is 44.3 Å². The zero-order valence-corrected chi connectivity index (χ0v) is 19.5. The predicted octanol–water partition coefficient (Wildman–Crippen LogP) is 4.81. The van der Waals surface area contributed by atoms with Gasteiger partial charge >= 0.3 is 5.97 Å². The van der Waals surface area contributed by atoms with Crippen molar-refractivity contribution < 1.29 is 28.8 Å². The van der Waals surface area contributed by atoms with Crippen LogP contribution in [-0.4, -0.2) is 46.9 Å². The highest BCUT2D eigenvalue weighted by Crippen LogP contribution is 2.27. The fourth-order valence-electron chi connectivity index (χ4n) is 4.24. The van der Waals surface area contributed by atoms with Gasteiger partial charge in [-0.1, -0.05) is 26.2 Å². The number of unbranched alkanes of at least 4 members (excludes halogenated alkanes) is 2. The van der Waals surface area contributed by atoms with E-state index in [9.17, 15) is 24.5 Å². The van der Waals surface area contributed by atoms with E-state index in [1.807, 2.05) is 6.92 Å². The first-order chi connectivity index (χ1) is 15.9. The van der Waals surface area contributed by atoms with E-state index in [0.717, 1.165) is 32.1 Å². The highest BCUT2D eigenvalue weighted by Gasteiger charge is 2.32. The van der Waals surface area contributed by atoms with Crippen molar-refractivity contribution in [2.45, 2.75) is 90.3 Å². The minimum Gasteiger partial charge on any atom is -0.494 e. The van der Waals surface area contributed by atoms with Crippen molar-refractivity contribution >= 4 is 23.9 Å². The second-order valence-electron chi connectivity index (χ2n) is 8.32. The van der Waals surface area contributed by atoms with E-state index in [-0.39, 0.29) is 29.2 Å². The lowest BCUT2D eigenvalue weighted by Crippen LogP contribution is -2.49. The first kappa shape index (κ1) is 26.3. The van der Waals surface area contributed by atoms with Gasteiger partial charge in [0.2, 0.25) is 5.91 Å². The lowest BCUT2D eigenvalue weighted by molar-refractivity contribution is -0.385. The Morgan fingerprint density at radius 2 is 1.94 bits per heavy atom. The molecular weight excluding hydrogens is 428 g/mol. The summed E-state index contributed by atoms with van der Waals surface area (Å²) in [5.41, 5.74) is -0.276. The third-order valence-electron chi connectivity index (χ3n) is 5.84. The Labute approximate surface area is 194 Å². The summed E-state index contributed by atoms with van der Waals surface area (Å²) in [7, 11) is 0. The van der Waals surface area contributed by atoms with E-state index in [4.69, 9.17) is 9.47 Å². The first-order valence-electron chi connectivity index (χ1n) is 11.7. The Morgan fingerprint density at radius 1 is 1.21 bits per heavy atom. The highest BCUT2D eigenvalue weighted by molar-refractivity contribution is 5.82. The number of aldehydes is 1. The van der Waals surface area contributed by atoms with Gasteiger partial charge in [0.25, 0.3) is 5.69 Å². The number of benzene rings is 1. The smallest absolute Gasteiger partial charge is 0.304 e. The number of nitro benzene ring substituents is 1. The SMILES string of the molecule is CCC(OC(C)=O)N(C(=O)CCCCCOc1ccc([N+](=O)[O-])c(C=O)c1)C1CCCCC1. The number of carbonyl (C=O) groups excluding carboxylic acids is 3. The molecule has 1 fully saturated rings. The molecule has 1 unspecified atom stereocenters. The van der Waals surface area contributed by atoms with Crippen LogP contribution in [0.1, 0.15) is 88.4 Å². The number of esters is 1. The van der Waals surface area contributed by atoms with Crippen LogP contribution in [0, 0.1) is 10.1 Å². The fourth-order valence-corrected chi connectivity index (χ4v) is 4.24. The van der Waals surface area contributed by atoms with E-state index in [1.165, 1.54) is 31.5 Å². The molecule has 1 aromatic rings. The van der Waals surface area contributed by atoms with Gasteiger partial charge in [-0.2, -0.15) is 0 Å². The van der Waals surface area contributed by atoms with Crippen LogP contribution < -0.4 is 4.74 Å². The zero-order chi connectivity index (χ0) is 24.2. The molecule has 1 amide bonds. The lowest BCUT2D eigenvalue weighted by Gasteiger charge is -2.39. The number of rotatable bonds is 13. The van der Waals surface area contributed by atoms with Gasteiger partial charge in [-0.3, -0.25) is 24.5 Å². The van der Waals surface area contributed by atoms with Gasteiger partial charge in [0.1, 0.15) is 5.75 Å². The molecule has 1 saturated carbocycles. The molecule has 0 saturated heterocycles. The summed E-state index contributed by atoms with van der Waals surface area (Å²) in [4.78, 5) is 47.7. The van der Waals surface area contributed by atoms with Crippen LogP contribution in [-0.2, 0) is 14.3 Å². The number of nitro groups is 1. The van der Waals surface area contributed by atoms with Crippen LogP contribution in [0.4, 0.5) is 5.69 Å². The molecule has 182 valence electrons. The molecule has 0 N–H and O–H groups in total. The molecule has 0 aliphatic heterocycles. The van der Waals surface area contributed by atoms with E-state index < -0.39 is 11.2 Å². The molecule has 0 heterocycles. The topological polar surface area (TPSA) is 116 Å². The van der Waals surface area contributed by atoms with Crippen LogP contribution in [0.5, 0.6) is 5.75 Å². The van der Waals surface area contributed by atoms with E-state index >= 15 is 0 Å². The van der Waals surface area contributed by atoms with Crippen molar-refractivity contribution in [1.29, 1.82) is 0 Å². The van der Waals surface area contributed by atoms with Crippen molar-refractivity contribution in [3.8, 4) is 5.75 Å². The van der Waals surface area contributed by atoms with Gasteiger partial charge in [0, 0.05) is 31.9 Å². The average Bonchev–Trinajstić information content (AvgIpc) is 2.80. The number of nitrogens with zero attached hydrogens (tertiary/aromatic N) is 2. The summed E-state index contributed by atoms with van der Waals surface area (Å²) in [5, 5.41) is 10.9. The zero-order valence-electron chi connectivity index (χ0n) is 19.5. The van der Waals surface area contributed by atoms with E-state index in [1.54, 1.807) is 4.90 Å². The lowest BCUT2D eigenvalue weighted by atomic mass is 9.93. The molecule has 9 nitrogen and oxygen atoms in total. The molecule has 9 heteroatoms. The Kier molecular flexibility index (Phi) is 10.8. The molecule has 0 bridgehead atoms. The third kappa shape index (κ3) is 8.14. The average molecular weight is 463 g/mol. The summed E-state index contributed by atoms with van der Waals surface area (Å²) in [6.45, 7) is 3.67. The summed E-state index contributed by atoms with van der Waals surface area (Å²) in [5.74, 6) is 0.0351. The van der Waals surface area contributed by atoms with Crippen molar-refractivity contribution in [2.75, 3.05) is 6.61 Å². The quantitative estimate of drug-likeness (QED) is 0.103. The second-order valence-corrected chi connectivity index (χ2v) is 8.32. The fraction of sp³-hybridized carbons (Fsp3) is 0.625. The van der Waals surface area contributed by atoms with Gasteiger partial charge in [-0.15, -0.1) is 0 Å². The number of amides is 1. The molecule has 0 spiro atoms. The minimum atomic E-state index is -0.605. The molecule has 0 radical (unpaired) electrons. The Balaban J connectivity index is 1.82. The van der Waals surface area contributed by atoms with Gasteiger partial charge in [-0.25, -0.2) is 0 Å². The summed E-state index contributed by atoms with van der Waals surface area (Å²) in [6, 6.07) is 4.20. The van der Waals surface area contributed by atoms with Crippen LogP contribution in [0.25, 0.3) is 0 Å². The molecule has 33 heavy (non-hydrogen) atoms. The van der Waals surface area contributed by atoms with E-state index in [2.05, 4.69) is 0 Å². The normalized spacial score (nSPS) is 14.8. The first-order valence-corrected chi connectivity index (χ1v) is 11.7. The van der Waals surface area contributed by atoms with Crippen LogP contribution >= 0.6 is 0 Å². The van der Waals surface area contributed by atoms with Crippen molar-refractivity contribution in [2.24, 2.45) is 0 Å². The van der Waals surface area contributed by atoms with Gasteiger partial charge < -0.3 is 14.4 Å². The van der Waals surface area contributed by atoms with Crippen LogP contribution in [0.2, 0.25) is 0 Å². The Morgan fingerprint density at radius 3 is 2.55 bits per heavy atom. The maximum absolute atomic E-state index is 13.1. The minimum absolute atomic E-state index is 0.0157. The van der Waals surface area contributed by atoms with Gasteiger partial charge in [-0.05, 0) is 44.2 Å². The molecular formula is C24H34N2O7. The number of ether oxygens (including phenoxy) is 2. The summed E-state index contributed by atoms with van der Waals surface area (Å²) < 4.78 is 11.0. The standard InChI is InChI=1S/C24H34N2O7/c1-3-24(33-18(2)28)25(20-10-6-4-7-11-20)23(29)12-8-5-9-15-32-21-13-14-22(26(30)31)19(16-21)17-27/h13-14,16-17,20,24H,3-12,15H2,1-2H3. The van der Waals surface area contributed by atoms with Crippen LogP contribution in [0.3, 0.4) is 0 Å². The Bertz CT molecular complexity index is 821. The third-order valence-corrected chi connectivity index (χ3v) is 5.84. The monoisotopic (exact) mass is 462 g/mol. The predicted molar refractivity (Wildman–Crippen MR) is 122 cm³/mol. The molecule has 2 rings (SSSR count). The number of carbonyl (C=O) groups is 3. The number of hydrogen-bond acceptors (Lipinski definition) is 7. The van der Waals surface area contributed by atoms with Gasteiger partial charge in [0.05, 0.1) is 17.1 Å². The maximum Gasteiger partial charge on any atom is 0.304 e. The molecule has 1 aromatic carbocycles. The molecule has 1 aliphatic rings. The van der Waals surface area contributed by atoms with Crippen LogP contribution in [0.15, 0.2) is 18.2 Å². The maximum atomic E-state index is 13.1. The largest absolute Gasteiger partial charge is 0.494 e. The molecule has 1 atom stereocenters. The number of hydrogen-bond donors (Lipinski definition) is 0. The van der Waals surface area contributed by atoms with Gasteiger partial charge in [0.15, 0.2) is 12.5 Å². The van der Waals surface area contributed by atoms with Crippen molar-refractivity contribution in [3.05, 3.63) is 33.9 Å². The summed E-state index contributed by atoms with van der Waals surface area (Å²) >= 11 is 0. The molecule has 0 aromatic heterocycles. The summed E-state index contributed by atoms with van der Waals surface area (Å²) in [6.07, 6.45) is 8.22. The molecule has 1 aliphatic carbocycles. The Hall–Kier alpha value is -2.97. The second kappa shape index (κ2) is 13.5. The van der Waals surface area contributed by atoms with Crippen molar-refractivity contribution in [1.82, 2.24) is 4.90 Å². The highest BCUT2D eigenvalue weighted by atomic mass is 16.6.